The molecule has 2 unspecified atom stereocenters. The van der Waals surface area contributed by atoms with Crippen molar-refractivity contribution in [3.05, 3.63) is 30.5 Å². The maximum atomic E-state index is 12.7. The summed E-state index contributed by atoms with van der Waals surface area (Å²) in [6.45, 7) is 0. The first-order chi connectivity index (χ1) is 10.1. The Bertz CT molecular complexity index is 807. The highest BCUT2D eigenvalue weighted by molar-refractivity contribution is 7.93. The van der Waals surface area contributed by atoms with Crippen molar-refractivity contribution in [3.63, 3.8) is 0 Å². The Balaban J connectivity index is 1.68. The van der Waals surface area contributed by atoms with Crippen LogP contribution >= 0.6 is 0 Å². The zero-order chi connectivity index (χ0) is 14.6. The van der Waals surface area contributed by atoms with E-state index in [2.05, 4.69) is 9.97 Å². The molecule has 110 valence electrons. The first-order valence-corrected chi connectivity index (χ1v) is 8.72. The number of Topliss-reactive ketones (excluding diaryl/α,β-unsaturated/α-hetero) is 1. The van der Waals surface area contributed by atoms with Gasteiger partial charge in [-0.1, -0.05) is 0 Å². The molecule has 21 heavy (non-hydrogen) atoms. The summed E-state index contributed by atoms with van der Waals surface area (Å²) in [6.07, 6.45) is 8.80. The second-order valence-electron chi connectivity index (χ2n) is 5.89. The van der Waals surface area contributed by atoms with Gasteiger partial charge in [0.2, 0.25) is 0 Å². The van der Waals surface area contributed by atoms with Crippen molar-refractivity contribution in [3.8, 4) is 0 Å². The summed E-state index contributed by atoms with van der Waals surface area (Å²) in [5.41, 5.74) is 1.16. The lowest BCUT2D eigenvalue weighted by atomic mass is 9.93. The third-order valence-electron chi connectivity index (χ3n) is 4.78. The number of sulfone groups is 1. The van der Waals surface area contributed by atoms with Crippen LogP contribution in [0.25, 0.3) is 5.65 Å². The van der Waals surface area contributed by atoms with E-state index in [9.17, 15) is 13.2 Å². The number of nitrogens with zero attached hydrogens (tertiary/aromatic N) is 3. The Morgan fingerprint density at radius 1 is 1.19 bits per heavy atom. The number of rotatable bonds is 2. The minimum Gasteiger partial charge on any atom is -0.294 e. The third kappa shape index (κ3) is 1.83. The Labute approximate surface area is 122 Å². The van der Waals surface area contributed by atoms with Gasteiger partial charge in [-0.3, -0.25) is 14.2 Å². The number of ketones is 1. The number of carbonyl (C=O) groups excluding carboxylic acids is 1. The van der Waals surface area contributed by atoms with Crippen LogP contribution in [-0.2, 0) is 9.84 Å². The van der Waals surface area contributed by atoms with Gasteiger partial charge in [-0.2, -0.15) is 0 Å². The van der Waals surface area contributed by atoms with Gasteiger partial charge in [0.25, 0.3) is 0 Å². The number of hydrogen-bond acceptors (Lipinski definition) is 5. The molecule has 2 saturated heterocycles. The Kier molecular flexibility index (Phi) is 2.69. The predicted octanol–water partition coefficient (Wildman–Crippen LogP) is 1.27. The molecule has 2 aromatic rings. The average molecular weight is 305 g/mol. The zero-order valence-electron chi connectivity index (χ0n) is 11.3. The van der Waals surface area contributed by atoms with Gasteiger partial charge >= 0.3 is 0 Å². The van der Waals surface area contributed by atoms with Crippen LogP contribution in [0.15, 0.2) is 24.8 Å². The second-order valence-corrected chi connectivity index (χ2v) is 8.40. The zero-order valence-corrected chi connectivity index (χ0v) is 12.2. The van der Waals surface area contributed by atoms with E-state index in [0.717, 1.165) is 0 Å². The fourth-order valence-corrected chi connectivity index (χ4v) is 6.13. The van der Waals surface area contributed by atoms with Gasteiger partial charge in [0.15, 0.2) is 21.3 Å². The molecule has 4 rings (SSSR count). The van der Waals surface area contributed by atoms with Gasteiger partial charge in [-0.25, -0.2) is 13.4 Å². The lowest BCUT2D eigenvalue weighted by Crippen LogP contribution is -2.36. The van der Waals surface area contributed by atoms with E-state index in [0.29, 0.717) is 37.0 Å². The van der Waals surface area contributed by atoms with Crippen molar-refractivity contribution in [1.82, 2.24) is 14.4 Å². The summed E-state index contributed by atoms with van der Waals surface area (Å²) in [6, 6.07) is 0. The molecule has 2 fully saturated rings. The molecule has 2 atom stereocenters. The van der Waals surface area contributed by atoms with Crippen molar-refractivity contribution in [1.29, 1.82) is 0 Å². The molecule has 7 heteroatoms. The fourth-order valence-electron chi connectivity index (χ4n) is 3.66. The third-order valence-corrected chi connectivity index (χ3v) is 7.49. The molecule has 0 aliphatic carbocycles. The number of fused-ring (bicyclic) bond motifs is 3. The van der Waals surface area contributed by atoms with Crippen LogP contribution < -0.4 is 0 Å². The van der Waals surface area contributed by atoms with Crippen molar-refractivity contribution in [2.24, 2.45) is 5.92 Å². The first kappa shape index (κ1) is 12.9. The summed E-state index contributed by atoms with van der Waals surface area (Å²) < 4.78 is 25.9. The molecule has 4 heterocycles. The van der Waals surface area contributed by atoms with Crippen molar-refractivity contribution < 1.29 is 13.2 Å². The topological polar surface area (TPSA) is 81.4 Å². The smallest absolute Gasteiger partial charge is 0.184 e. The molecule has 2 bridgehead atoms. The standard InChI is InChI=1S/C14H15N3O3S/c18-14(12-7-16-13-8-15-3-4-17(12)13)9-5-10-1-2-11(6-9)21(10,19)20/h3-4,7-11H,1-2,5-6H2. The molecule has 0 N–H and O–H groups in total. The minimum atomic E-state index is -2.99. The van der Waals surface area contributed by atoms with E-state index in [1.807, 2.05) is 0 Å². The molecule has 2 aliphatic rings. The Hall–Kier alpha value is -1.76. The van der Waals surface area contributed by atoms with E-state index in [1.165, 1.54) is 0 Å². The van der Waals surface area contributed by atoms with Crippen LogP contribution in [-0.4, -0.2) is 39.1 Å². The summed E-state index contributed by atoms with van der Waals surface area (Å²) in [4.78, 5) is 20.9. The molecule has 2 aliphatic heterocycles. The lowest BCUT2D eigenvalue weighted by molar-refractivity contribution is 0.0899. The molecule has 0 radical (unpaired) electrons. The van der Waals surface area contributed by atoms with Crippen molar-refractivity contribution in [2.75, 3.05) is 0 Å². The van der Waals surface area contributed by atoms with Crippen LogP contribution in [0.2, 0.25) is 0 Å². The molecule has 6 nitrogen and oxygen atoms in total. The van der Waals surface area contributed by atoms with Crippen LogP contribution in [0.5, 0.6) is 0 Å². The fraction of sp³-hybridized carbons (Fsp3) is 0.500. The van der Waals surface area contributed by atoms with Gasteiger partial charge in [0.1, 0.15) is 5.69 Å². The number of hydrogen-bond donors (Lipinski definition) is 0. The molecule has 0 aromatic carbocycles. The monoisotopic (exact) mass is 305 g/mol. The van der Waals surface area contributed by atoms with Crippen molar-refractivity contribution >= 4 is 21.3 Å². The quantitative estimate of drug-likeness (QED) is 0.780. The van der Waals surface area contributed by atoms with E-state index >= 15 is 0 Å². The summed E-state index contributed by atoms with van der Waals surface area (Å²) in [5, 5.41) is -0.655. The summed E-state index contributed by atoms with van der Waals surface area (Å²) in [7, 11) is -2.99. The molecule has 0 saturated carbocycles. The Morgan fingerprint density at radius 3 is 2.62 bits per heavy atom. The average Bonchev–Trinajstić information content (AvgIpc) is 2.90. The summed E-state index contributed by atoms with van der Waals surface area (Å²) >= 11 is 0. The van der Waals surface area contributed by atoms with E-state index in [1.54, 1.807) is 29.2 Å². The molecular weight excluding hydrogens is 290 g/mol. The maximum absolute atomic E-state index is 12.7. The number of aromatic nitrogens is 3. The Morgan fingerprint density at radius 2 is 1.90 bits per heavy atom. The highest BCUT2D eigenvalue weighted by Gasteiger charge is 2.48. The highest BCUT2D eigenvalue weighted by Crippen LogP contribution is 2.42. The molecule has 2 aromatic heterocycles. The first-order valence-electron chi connectivity index (χ1n) is 7.11. The largest absolute Gasteiger partial charge is 0.294 e. The number of carbonyl (C=O) groups is 1. The molecule has 0 spiro atoms. The van der Waals surface area contributed by atoms with Gasteiger partial charge in [0, 0.05) is 18.3 Å². The van der Waals surface area contributed by atoms with E-state index < -0.39 is 9.84 Å². The summed E-state index contributed by atoms with van der Waals surface area (Å²) in [5.74, 6) is -0.209. The van der Waals surface area contributed by atoms with Gasteiger partial charge in [0.05, 0.1) is 22.9 Å². The van der Waals surface area contributed by atoms with Gasteiger partial charge in [-0.05, 0) is 25.7 Å². The SMILES string of the molecule is O=C(c1cnc2cnccn12)C1CC2CCC(C1)S2(=O)=O. The minimum absolute atomic E-state index is 0.000463. The molecular formula is C14H15N3O3S. The van der Waals surface area contributed by atoms with Crippen LogP contribution in [0.1, 0.15) is 36.2 Å². The van der Waals surface area contributed by atoms with Crippen molar-refractivity contribution in [2.45, 2.75) is 36.2 Å². The molecule has 0 amide bonds. The van der Waals surface area contributed by atoms with E-state index in [-0.39, 0.29) is 22.2 Å². The normalized spacial score (nSPS) is 30.6. The van der Waals surface area contributed by atoms with Crippen LogP contribution in [0.4, 0.5) is 0 Å². The van der Waals surface area contributed by atoms with Gasteiger partial charge < -0.3 is 0 Å². The van der Waals surface area contributed by atoms with E-state index in [4.69, 9.17) is 0 Å². The predicted molar refractivity (Wildman–Crippen MR) is 75.8 cm³/mol. The van der Waals surface area contributed by atoms with Gasteiger partial charge in [-0.15, -0.1) is 0 Å². The highest BCUT2D eigenvalue weighted by atomic mass is 32.2. The second kappa shape index (κ2) is 4.37. The van der Waals surface area contributed by atoms with Crippen LogP contribution in [0, 0.1) is 5.92 Å². The van der Waals surface area contributed by atoms with Crippen LogP contribution in [0.3, 0.4) is 0 Å². The number of imidazole rings is 1. The lowest BCUT2D eigenvalue weighted by Gasteiger charge is -2.26. The maximum Gasteiger partial charge on any atom is 0.184 e.